The largest absolute Gasteiger partial charge is 0.480 e. The lowest BCUT2D eigenvalue weighted by Crippen LogP contribution is -2.49. The molecule has 4 rings (SSSR count). The number of hydrogen-bond acceptors (Lipinski definition) is 8. The van der Waals surface area contributed by atoms with Gasteiger partial charge in [0.05, 0.1) is 19.5 Å². The molecule has 0 radical (unpaired) electrons. The molecule has 0 bridgehead atoms. The van der Waals surface area contributed by atoms with Crippen LogP contribution in [0.15, 0.2) is 41.1 Å². The second kappa shape index (κ2) is 8.89. The molecule has 0 N–H and O–H groups in total. The molecule has 156 valence electrons. The lowest BCUT2D eigenvalue weighted by atomic mass is 10.1. The van der Waals surface area contributed by atoms with Gasteiger partial charge in [-0.1, -0.05) is 17.7 Å². The predicted octanol–water partition coefficient (Wildman–Crippen LogP) is 2.13. The molecule has 2 aromatic heterocycles. The smallest absolute Gasteiger partial charge is 0.247 e. The Morgan fingerprint density at radius 1 is 1.10 bits per heavy atom. The van der Waals surface area contributed by atoms with Crippen molar-refractivity contribution in [2.45, 2.75) is 19.8 Å². The molecule has 9 nitrogen and oxygen atoms in total. The normalized spacial score (nSPS) is 14.1. The minimum absolute atomic E-state index is 0.0847. The van der Waals surface area contributed by atoms with Gasteiger partial charge in [-0.25, -0.2) is 0 Å². The van der Waals surface area contributed by atoms with Crippen LogP contribution in [0, 0.1) is 6.92 Å². The summed E-state index contributed by atoms with van der Waals surface area (Å²) in [6.07, 6.45) is 4.06. The molecule has 1 amide bonds. The van der Waals surface area contributed by atoms with Gasteiger partial charge in [-0.3, -0.25) is 9.78 Å². The number of nitrogens with zero attached hydrogens (tertiary/aromatic N) is 6. The van der Waals surface area contributed by atoms with Crippen LogP contribution in [0.2, 0.25) is 0 Å². The van der Waals surface area contributed by atoms with E-state index in [9.17, 15) is 4.79 Å². The van der Waals surface area contributed by atoms with Crippen LogP contribution in [0.4, 0.5) is 5.82 Å². The van der Waals surface area contributed by atoms with Crippen molar-refractivity contribution in [2.75, 3.05) is 38.2 Å². The summed E-state index contributed by atoms with van der Waals surface area (Å²) in [4.78, 5) is 25.1. The number of amides is 1. The van der Waals surface area contributed by atoms with Crippen molar-refractivity contribution in [3.63, 3.8) is 0 Å². The number of ether oxygens (including phenoxy) is 1. The number of carbonyl (C=O) groups excluding carboxylic acids is 1. The predicted molar refractivity (Wildman–Crippen MR) is 110 cm³/mol. The van der Waals surface area contributed by atoms with Gasteiger partial charge in [-0.2, -0.15) is 4.98 Å². The molecular formula is C21H24N6O3. The van der Waals surface area contributed by atoms with Crippen molar-refractivity contribution in [1.29, 1.82) is 0 Å². The quantitative estimate of drug-likeness (QED) is 0.612. The maximum atomic E-state index is 12.6. The van der Waals surface area contributed by atoms with E-state index in [0.29, 0.717) is 56.7 Å². The summed E-state index contributed by atoms with van der Waals surface area (Å²) in [5.74, 6) is 2.28. The number of hydrogen-bond donors (Lipinski definition) is 0. The fourth-order valence-electron chi connectivity index (χ4n) is 3.31. The van der Waals surface area contributed by atoms with Crippen molar-refractivity contribution >= 4 is 11.7 Å². The van der Waals surface area contributed by atoms with Gasteiger partial charge in [-0.15, -0.1) is 10.2 Å². The highest BCUT2D eigenvalue weighted by atomic mass is 16.5. The third kappa shape index (κ3) is 4.56. The van der Waals surface area contributed by atoms with Crippen LogP contribution in [-0.2, 0) is 11.2 Å². The molecule has 3 heterocycles. The van der Waals surface area contributed by atoms with Crippen LogP contribution in [0.3, 0.4) is 0 Å². The number of rotatable bonds is 6. The van der Waals surface area contributed by atoms with E-state index >= 15 is 0 Å². The van der Waals surface area contributed by atoms with Crippen molar-refractivity contribution in [1.82, 2.24) is 25.1 Å². The molecule has 3 aromatic rings. The molecule has 1 aliphatic rings. The van der Waals surface area contributed by atoms with E-state index in [0.717, 1.165) is 11.4 Å². The second-order valence-electron chi connectivity index (χ2n) is 7.15. The Morgan fingerprint density at radius 3 is 2.60 bits per heavy atom. The molecule has 1 saturated heterocycles. The Kier molecular flexibility index (Phi) is 5.87. The van der Waals surface area contributed by atoms with Crippen molar-refractivity contribution in [3.05, 3.63) is 48.1 Å². The highest BCUT2D eigenvalue weighted by Crippen LogP contribution is 2.19. The van der Waals surface area contributed by atoms with Crippen LogP contribution in [-0.4, -0.2) is 64.3 Å². The van der Waals surface area contributed by atoms with Crippen LogP contribution in [0.1, 0.15) is 17.9 Å². The molecule has 30 heavy (non-hydrogen) atoms. The van der Waals surface area contributed by atoms with Crippen molar-refractivity contribution in [3.8, 4) is 17.3 Å². The molecule has 0 spiro atoms. The third-order valence-corrected chi connectivity index (χ3v) is 5.08. The zero-order chi connectivity index (χ0) is 20.9. The summed E-state index contributed by atoms with van der Waals surface area (Å²) < 4.78 is 10.8. The Labute approximate surface area is 174 Å². The lowest BCUT2D eigenvalue weighted by molar-refractivity contribution is -0.131. The molecule has 1 aromatic carbocycles. The number of aryl methyl sites for hydroxylation is 2. The SMILES string of the molecule is COc1cncc(N2CCN(C(=O)CCc3nnc(-c4ccc(C)cc4)o3)CC2)n1. The van der Waals surface area contributed by atoms with E-state index in [2.05, 4.69) is 25.1 Å². The topological polar surface area (TPSA) is 97.5 Å². The summed E-state index contributed by atoms with van der Waals surface area (Å²) in [6, 6.07) is 7.90. The summed E-state index contributed by atoms with van der Waals surface area (Å²) in [5.41, 5.74) is 2.05. The molecule has 0 atom stereocenters. The van der Waals surface area contributed by atoms with Gasteiger partial charge < -0.3 is 19.0 Å². The van der Waals surface area contributed by atoms with E-state index in [-0.39, 0.29) is 5.91 Å². The number of piperazine rings is 1. The Hall–Kier alpha value is -3.49. The van der Waals surface area contributed by atoms with Gasteiger partial charge in [0.2, 0.25) is 23.6 Å². The Morgan fingerprint density at radius 2 is 1.87 bits per heavy atom. The van der Waals surface area contributed by atoms with Gasteiger partial charge >= 0.3 is 0 Å². The fraction of sp³-hybridized carbons (Fsp3) is 0.381. The van der Waals surface area contributed by atoms with Crippen LogP contribution >= 0.6 is 0 Å². The first kappa shape index (κ1) is 19.8. The first-order valence-corrected chi connectivity index (χ1v) is 9.90. The van der Waals surface area contributed by atoms with Gasteiger partial charge in [0.25, 0.3) is 0 Å². The van der Waals surface area contributed by atoms with Crippen LogP contribution in [0.25, 0.3) is 11.5 Å². The zero-order valence-electron chi connectivity index (χ0n) is 17.1. The maximum absolute atomic E-state index is 12.6. The minimum Gasteiger partial charge on any atom is -0.480 e. The second-order valence-corrected chi connectivity index (χ2v) is 7.15. The lowest BCUT2D eigenvalue weighted by Gasteiger charge is -2.35. The highest BCUT2D eigenvalue weighted by Gasteiger charge is 2.22. The number of anilines is 1. The molecule has 0 saturated carbocycles. The van der Waals surface area contributed by atoms with E-state index < -0.39 is 0 Å². The molecule has 0 unspecified atom stereocenters. The monoisotopic (exact) mass is 408 g/mol. The summed E-state index contributed by atoms with van der Waals surface area (Å²) in [7, 11) is 1.57. The summed E-state index contributed by atoms with van der Waals surface area (Å²) in [5, 5.41) is 8.17. The van der Waals surface area contributed by atoms with Crippen LogP contribution < -0.4 is 9.64 Å². The Bertz CT molecular complexity index is 996. The number of methoxy groups -OCH3 is 1. The standard InChI is InChI=1S/C21H24N6O3/c1-15-3-5-16(6-4-15)21-25-24-18(30-21)7-8-20(28)27-11-9-26(10-12-27)17-13-22-14-19(23-17)29-2/h3-6,13-14H,7-12H2,1-2H3. The maximum Gasteiger partial charge on any atom is 0.247 e. The molecule has 9 heteroatoms. The van der Waals surface area contributed by atoms with Gasteiger partial charge in [0.15, 0.2) is 5.82 Å². The van der Waals surface area contributed by atoms with Crippen molar-refractivity contribution < 1.29 is 13.9 Å². The number of carbonyl (C=O) groups is 1. The zero-order valence-corrected chi connectivity index (χ0v) is 17.1. The summed E-state index contributed by atoms with van der Waals surface area (Å²) in [6.45, 7) is 4.70. The van der Waals surface area contributed by atoms with Gasteiger partial charge in [0.1, 0.15) is 0 Å². The molecule has 0 aliphatic carbocycles. The fourth-order valence-corrected chi connectivity index (χ4v) is 3.31. The van der Waals surface area contributed by atoms with E-state index in [4.69, 9.17) is 9.15 Å². The summed E-state index contributed by atoms with van der Waals surface area (Å²) >= 11 is 0. The van der Waals surface area contributed by atoms with Gasteiger partial charge in [-0.05, 0) is 19.1 Å². The first-order chi connectivity index (χ1) is 14.6. The number of benzene rings is 1. The van der Waals surface area contributed by atoms with Crippen LogP contribution in [0.5, 0.6) is 5.88 Å². The Balaban J connectivity index is 1.28. The first-order valence-electron chi connectivity index (χ1n) is 9.90. The van der Waals surface area contributed by atoms with Crippen molar-refractivity contribution in [2.24, 2.45) is 0 Å². The number of aromatic nitrogens is 4. The highest BCUT2D eigenvalue weighted by molar-refractivity contribution is 5.76. The molecule has 1 aliphatic heterocycles. The average Bonchev–Trinajstić information content (AvgIpc) is 3.27. The minimum atomic E-state index is 0.0847. The average molecular weight is 408 g/mol. The van der Waals surface area contributed by atoms with E-state index in [1.807, 2.05) is 36.1 Å². The van der Waals surface area contributed by atoms with Gasteiger partial charge in [0, 0.05) is 44.6 Å². The van der Waals surface area contributed by atoms with E-state index in [1.54, 1.807) is 19.5 Å². The van der Waals surface area contributed by atoms with E-state index in [1.165, 1.54) is 5.56 Å². The molecule has 1 fully saturated rings. The third-order valence-electron chi connectivity index (χ3n) is 5.08. The molecular weight excluding hydrogens is 384 g/mol.